The van der Waals surface area contributed by atoms with Gasteiger partial charge in [0.2, 0.25) is 5.95 Å². The molecule has 0 aliphatic carbocycles. The fourth-order valence-electron chi connectivity index (χ4n) is 1.36. The number of rotatable bonds is 3. The Bertz CT molecular complexity index is 581. The molecule has 0 unspecified atom stereocenters. The molecule has 1 N–H and O–H groups in total. The summed E-state index contributed by atoms with van der Waals surface area (Å²) >= 11 is 3.18. The van der Waals surface area contributed by atoms with Crippen LogP contribution in [0.1, 0.15) is 12.6 Å². The Labute approximate surface area is 115 Å². The van der Waals surface area contributed by atoms with Crippen LogP contribution in [0.5, 0.6) is 0 Å². The van der Waals surface area contributed by atoms with Crippen molar-refractivity contribution in [1.82, 2.24) is 19.7 Å². The maximum atomic E-state index is 12.5. The lowest BCUT2D eigenvalue weighted by Crippen LogP contribution is -2.09. The second-order valence-corrected chi connectivity index (χ2v) is 4.39. The molecule has 0 bridgehead atoms. The van der Waals surface area contributed by atoms with Crippen molar-refractivity contribution in [3.05, 3.63) is 28.6 Å². The van der Waals surface area contributed by atoms with Crippen molar-refractivity contribution >= 4 is 21.9 Å². The van der Waals surface area contributed by atoms with Crippen LogP contribution in [0, 0.1) is 0 Å². The molecule has 0 aliphatic rings. The number of alkyl halides is 3. The van der Waals surface area contributed by atoms with Gasteiger partial charge in [-0.25, -0.2) is 9.67 Å². The predicted octanol–water partition coefficient (Wildman–Crippen LogP) is 2.88. The Morgan fingerprint density at radius 3 is 2.74 bits per heavy atom. The standard InChI is InChI=1S/C10H9BrF3N5/c1-2-15-9-16-5-6(11)8(17-9)19-4-3-7(18-19)10(12,13)14/h3-5H,2H2,1H3,(H,15,16,17). The number of nitrogens with zero attached hydrogens (tertiary/aromatic N) is 4. The number of aromatic nitrogens is 4. The van der Waals surface area contributed by atoms with Crippen molar-refractivity contribution < 1.29 is 13.2 Å². The highest BCUT2D eigenvalue weighted by molar-refractivity contribution is 9.10. The van der Waals surface area contributed by atoms with Crippen molar-refractivity contribution in [2.75, 3.05) is 11.9 Å². The third-order valence-electron chi connectivity index (χ3n) is 2.16. The van der Waals surface area contributed by atoms with Crippen LogP contribution in [0.2, 0.25) is 0 Å². The summed E-state index contributed by atoms with van der Waals surface area (Å²) in [5.41, 5.74) is -0.969. The van der Waals surface area contributed by atoms with Crippen LogP contribution < -0.4 is 5.32 Å². The lowest BCUT2D eigenvalue weighted by atomic mass is 10.4. The van der Waals surface area contributed by atoms with Crippen molar-refractivity contribution in [1.29, 1.82) is 0 Å². The van der Waals surface area contributed by atoms with E-state index in [0.717, 1.165) is 10.7 Å². The van der Waals surface area contributed by atoms with Gasteiger partial charge < -0.3 is 5.32 Å². The average molecular weight is 336 g/mol. The Balaban J connectivity index is 2.41. The van der Waals surface area contributed by atoms with Gasteiger partial charge in [0.25, 0.3) is 0 Å². The summed E-state index contributed by atoms with van der Waals surface area (Å²) in [5, 5.41) is 6.33. The minimum atomic E-state index is -4.48. The van der Waals surface area contributed by atoms with E-state index >= 15 is 0 Å². The molecule has 0 aromatic carbocycles. The average Bonchev–Trinajstić information content (AvgIpc) is 2.81. The molecule has 2 rings (SSSR count). The van der Waals surface area contributed by atoms with E-state index < -0.39 is 11.9 Å². The summed E-state index contributed by atoms with van der Waals surface area (Å²) in [5.74, 6) is 0.561. The molecule has 2 aromatic rings. The van der Waals surface area contributed by atoms with Crippen molar-refractivity contribution in [2.45, 2.75) is 13.1 Å². The van der Waals surface area contributed by atoms with E-state index in [2.05, 4.69) is 36.3 Å². The first-order chi connectivity index (χ1) is 8.91. The first-order valence-electron chi connectivity index (χ1n) is 5.31. The van der Waals surface area contributed by atoms with E-state index in [4.69, 9.17) is 0 Å². The quantitative estimate of drug-likeness (QED) is 0.937. The zero-order valence-corrected chi connectivity index (χ0v) is 11.3. The van der Waals surface area contributed by atoms with Gasteiger partial charge >= 0.3 is 6.18 Å². The van der Waals surface area contributed by atoms with Gasteiger partial charge in [0.1, 0.15) is 0 Å². The molecule has 19 heavy (non-hydrogen) atoms. The first kappa shape index (κ1) is 13.8. The Hall–Kier alpha value is -1.64. The minimum absolute atomic E-state index is 0.237. The maximum Gasteiger partial charge on any atom is 0.435 e. The van der Waals surface area contributed by atoms with E-state index in [1.54, 1.807) is 0 Å². The Morgan fingerprint density at radius 2 is 2.16 bits per heavy atom. The van der Waals surface area contributed by atoms with Crippen LogP contribution >= 0.6 is 15.9 Å². The van der Waals surface area contributed by atoms with Crippen molar-refractivity contribution in [2.24, 2.45) is 0 Å². The zero-order valence-electron chi connectivity index (χ0n) is 9.74. The van der Waals surface area contributed by atoms with Gasteiger partial charge in [-0.3, -0.25) is 0 Å². The second-order valence-electron chi connectivity index (χ2n) is 3.54. The topological polar surface area (TPSA) is 55.6 Å². The lowest BCUT2D eigenvalue weighted by molar-refractivity contribution is -0.141. The van der Waals surface area contributed by atoms with Gasteiger partial charge in [-0.15, -0.1) is 0 Å². The van der Waals surface area contributed by atoms with Gasteiger partial charge in [-0.1, -0.05) is 0 Å². The summed E-state index contributed by atoms with van der Waals surface area (Å²) in [7, 11) is 0. The molecule has 0 saturated heterocycles. The fraction of sp³-hybridized carbons (Fsp3) is 0.300. The first-order valence-corrected chi connectivity index (χ1v) is 6.10. The molecule has 0 atom stereocenters. The highest BCUT2D eigenvalue weighted by Crippen LogP contribution is 2.28. The number of hydrogen-bond donors (Lipinski definition) is 1. The summed E-state index contributed by atoms with van der Waals surface area (Å²) < 4.78 is 39.0. The molecule has 0 amide bonds. The van der Waals surface area contributed by atoms with Crippen LogP contribution in [0.15, 0.2) is 22.9 Å². The smallest absolute Gasteiger partial charge is 0.354 e. The molecule has 0 aliphatic heterocycles. The van der Waals surface area contributed by atoms with E-state index in [1.807, 2.05) is 6.92 Å². The zero-order chi connectivity index (χ0) is 14.0. The third-order valence-corrected chi connectivity index (χ3v) is 2.72. The maximum absolute atomic E-state index is 12.5. The molecule has 5 nitrogen and oxygen atoms in total. The number of halogens is 4. The SMILES string of the molecule is CCNc1ncc(Br)c(-n2ccc(C(F)(F)F)n2)n1. The van der Waals surface area contributed by atoms with E-state index in [0.29, 0.717) is 17.0 Å². The van der Waals surface area contributed by atoms with Gasteiger partial charge in [0, 0.05) is 18.9 Å². The van der Waals surface area contributed by atoms with Crippen LogP contribution in [-0.2, 0) is 6.18 Å². The molecular weight excluding hydrogens is 327 g/mol. The Kier molecular flexibility index (Phi) is 3.74. The molecule has 9 heteroatoms. The number of anilines is 1. The third kappa shape index (κ3) is 3.03. The second kappa shape index (κ2) is 5.16. The van der Waals surface area contributed by atoms with E-state index in [-0.39, 0.29) is 5.82 Å². The molecule has 0 radical (unpaired) electrons. The number of hydrogen-bond acceptors (Lipinski definition) is 4. The van der Waals surface area contributed by atoms with Gasteiger partial charge in [0.15, 0.2) is 11.5 Å². The van der Waals surface area contributed by atoms with Gasteiger partial charge in [-0.2, -0.15) is 23.3 Å². The van der Waals surface area contributed by atoms with Crippen LogP contribution in [0.3, 0.4) is 0 Å². The Morgan fingerprint density at radius 1 is 1.42 bits per heavy atom. The number of nitrogens with one attached hydrogen (secondary N) is 1. The van der Waals surface area contributed by atoms with Gasteiger partial charge in [-0.05, 0) is 28.9 Å². The van der Waals surface area contributed by atoms with Crippen LogP contribution in [0.25, 0.3) is 5.82 Å². The fourth-order valence-corrected chi connectivity index (χ4v) is 1.73. The monoisotopic (exact) mass is 335 g/mol. The molecule has 2 aromatic heterocycles. The van der Waals surface area contributed by atoms with E-state index in [9.17, 15) is 13.2 Å². The van der Waals surface area contributed by atoms with Crippen molar-refractivity contribution in [3.63, 3.8) is 0 Å². The summed E-state index contributed by atoms with van der Waals surface area (Å²) in [6.45, 7) is 2.47. The highest BCUT2D eigenvalue weighted by atomic mass is 79.9. The predicted molar refractivity (Wildman–Crippen MR) is 66.0 cm³/mol. The minimum Gasteiger partial charge on any atom is -0.354 e. The highest BCUT2D eigenvalue weighted by Gasteiger charge is 2.33. The molecule has 102 valence electrons. The van der Waals surface area contributed by atoms with Crippen molar-refractivity contribution in [3.8, 4) is 5.82 Å². The van der Waals surface area contributed by atoms with Crippen LogP contribution in [-0.4, -0.2) is 26.3 Å². The lowest BCUT2D eigenvalue weighted by Gasteiger charge is -2.07. The summed E-state index contributed by atoms with van der Waals surface area (Å²) in [6, 6.07) is 0.890. The van der Waals surface area contributed by atoms with Crippen LogP contribution in [0.4, 0.5) is 19.1 Å². The molecule has 0 fully saturated rings. The molecule has 2 heterocycles. The largest absolute Gasteiger partial charge is 0.435 e. The molecule has 0 spiro atoms. The summed E-state index contributed by atoms with van der Waals surface area (Å²) in [6.07, 6.45) is -1.82. The molecule has 0 saturated carbocycles. The normalized spacial score (nSPS) is 11.6. The van der Waals surface area contributed by atoms with E-state index in [1.165, 1.54) is 12.4 Å². The van der Waals surface area contributed by atoms with Gasteiger partial charge in [0.05, 0.1) is 4.47 Å². The summed E-state index contributed by atoms with van der Waals surface area (Å²) in [4.78, 5) is 8.07. The molecular formula is C10H9BrF3N5.